The summed E-state index contributed by atoms with van der Waals surface area (Å²) in [4.78, 5) is 10.4. The average Bonchev–Trinajstić information content (AvgIpc) is 2.58. The molecule has 0 spiro atoms. The fourth-order valence-electron chi connectivity index (χ4n) is 2.23. The van der Waals surface area contributed by atoms with E-state index in [1.54, 1.807) is 0 Å². The molecule has 0 aliphatic rings. The zero-order valence-corrected chi connectivity index (χ0v) is 13.2. The van der Waals surface area contributed by atoms with Gasteiger partial charge in [-0.05, 0) is 42.6 Å². The number of carboxylic acid groups (broad SMARTS) is 1. The van der Waals surface area contributed by atoms with Crippen molar-refractivity contribution in [2.24, 2.45) is 0 Å². The quantitative estimate of drug-likeness (QED) is 0.661. The molecule has 0 unspecified atom stereocenters. The normalized spacial score (nSPS) is 10.4. The standard InChI is InChI=1S/C19H23NO3/c21-19(22)12-14-20-13-4-7-16-8-10-18(11-9-16)23-15-17-5-2-1-3-6-17/h1-3,5-6,8-11,20H,4,7,12-15H2,(H,21,22). The fraction of sp³-hybridized carbons (Fsp3) is 0.316. The van der Waals surface area contributed by atoms with Gasteiger partial charge in [0.05, 0.1) is 6.42 Å². The molecule has 122 valence electrons. The third-order valence-corrected chi connectivity index (χ3v) is 3.51. The van der Waals surface area contributed by atoms with Gasteiger partial charge in [0.2, 0.25) is 0 Å². The zero-order chi connectivity index (χ0) is 16.3. The molecular formula is C19H23NO3. The molecule has 4 nitrogen and oxygen atoms in total. The molecule has 0 saturated heterocycles. The molecule has 0 radical (unpaired) electrons. The lowest BCUT2D eigenvalue weighted by Crippen LogP contribution is -2.19. The van der Waals surface area contributed by atoms with Crippen molar-refractivity contribution >= 4 is 5.97 Å². The van der Waals surface area contributed by atoms with Gasteiger partial charge in [0.15, 0.2) is 0 Å². The summed E-state index contributed by atoms with van der Waals surface area (Å²) < 4.78 is 5.76. The van der Waals surface area contributed by atoms with Crippen LogP contribution in [-0.2, 0) is 17.8 Å². The lowest BCUT2D eigenvalue weighted by Gasteiger charge is -2.08. The van der Waals surface area contributed by atoms with Crippen LogP contribution in [0.25, 0.3) is 0 Å². The van der Waals surface area contributed by atoms with Crippen LogP contribution in [0.1, 0.15) is 24.0 Å². The summed E-state index contributed by atoms with van der Waals surface area (Å²) in [5.41, 5.74) is 2.42. The van der Waals surface area contributed by atoms with E-state index in [2.05, 4.69) is 17.4 Å². The Bertz CT molecular complexity index is 581. The molecule has 0 heterocycles. The van der Waals surface area contributed by atoms with Crippen LogP contribution < -0.4 is 10.1 Å². The van der Waals surface area contributed by atoms with Crippen molar-refractivity contribution < 1.29 is 14.6 Å². The second kappa shape index (κ2) is 9.64. The predicted octanol–water partition coefficient (Wildman–Crippen LogP) is 3.26. The van der Waals surface area contributed by atoms with Crippen molar-refractivity contribution in [2.45, 2.75) is 25.9 Å². The Hall–Kier alpha value is -2.33. The van der Waals surface area contributed by atoms with E-state index < -0.39 is 5.97 Å². The highest BCUT2D eigenvalue weighted by atomic mass is 16.5. The number of carbonyl (C=O) groups is 1. The smallest absolute Gasteiger partial charge is 0.304 e. The molecule has 0 aliphatic heterocycles. The fourth-order valence-corrected chi connectivity index (χ4v) is 2.23. The third kappa shape index (κ3) is 6.98. The van der Waals surface area contributed by atoms with Crippen molar-refractivity contribution in [1.82, 2.24) is 5.32 Å². The molecule has 0 aliphatic carbocycles. The Balaban J connectivity index is 1.65. The molecule has 23 heavy (non-hydrogen) atoms. The van der Waals surface area contributed by atoms with E-state index in [9.17, 15) is 4.79 Å². The van der Waals surface area contributed by atoms with Crippen LogP contribution in [0.3, 0.4) is 0 Å². The average molecular weight is 313 g/mol. The van der Waals surface area contributed by atoms with E-state index in [0.717, 1.165) is 30.7 Å². The van der Waals surface area contributed by atoms with Gasteiger partial charge >= 0.3 is 5.97 Å². The summed E-state index contributed by atoms with van der Waals surface area (Å²) in [7, 11) is 0. The van der Waals surface area contributed by atoms with Crippen LogP contribution in [0.5, 0.6) is 5.75 Å². The Morgan fingerprint density at radius 3 is 2.39 bits per heavy atom. The Labute approximate surface area is 137 Å². The molecule has 0 amide bonds. The number of carboxylic acids is 1. The minimum atomic E-state index is -0.761. The molecule has 0 aromatic heterocycles. The molecule has 0 bridgehead atoms. The number of hydrogen-bond acceptors (Lipinski definition) is 3. The molecule has 0 atom stereocenters. The minimum Gasteiger partial charge on any atom is -0.489 e. The number of rotatable bonds is 10. The number of benzene rings is 2. The van der Waals surface area contributed by atoms with Gasteiger partial charge in [0.1, 0.15) is 12.4 Å². The van der Waals surface area contributed by atoms with E-state index in [1.807, 2.05) is 42.5 Å². The maximum Gasteiger partial charge on any atom is 0.304 e. The van der Waals surface area contributed by atoms with Crippen LogP contribution >= 0.6 is 0 Å². The maximum absolute atomic E-state index is 10.4. The molecule has 2 rings (SSSR count). The lowest BCUT2D eigenvalue weighted by atomic mass is 10.1. The van der Waals surface area contributed by atoms with Gasteiger partial charge in [-0.15, -0.1) is 0 Å². The van der Waals surface area contributed by atoms with Crippen LogP contribution in [0.4, 0.5) is 0 Å². The zero-order valence-electron chi connectivity index (χ0n) is 13.2. The Morgan fingerprint density at radius 2 is 1.70 bits per heavy atom. The van der Waals surface area contributed by atoms with Gasteiger partial charge in [-0.3, -0.25) is 4.79 Å². The number of nitrogens with one attached hydrogen (secondary N) is 1. The Kier molecular flexibility index (Phi) is 7.14. The van der Waals surface area contributed by atoms with E-state index in [-0.39, 0.29) is 6.42 Å². The molecule has 0 fully saturated rings. The van der Waals surface area contributed by atoms with Crippen LogP contribution in [0.15, 0.2) is 54.6 Å². The number of hydrogen-bond donors (Lipinski definition) is 2. The largest absolute Gasteiger partial charge is 0.489 e. The van der Waals surface area contributed by atoms with E-state index >= 15 is 0 Å². The van der Waals surface area contributed by atoms with Crippen LogP contribution in [0, 0.1) is 0 Å². The maximum atomic E-state index is 10.4. The molecule has 2 N–H and O–H groups in total. The van der Waals surface area contributed by atoms with E-state index in [4.69, 9.17) is 9.84 Å². The van der Waals surface area contributed by atoms with E-state index in [1.165, 1.54) is 5.56 Å². The summed E-state index contributed by atoms with van der Waals surface area (Å²) in [6, 6.07) is 18.3. The minimum absolute atomic E-state index is 0.174. The van der Waals surface area contributed by atoms with Gasteiger partial charge in [0, 0.05) is 6.54 Å². The van der Waals surface area contributed by atoms with Gasteiger partial charge < -0.3 is 15.2 Å². The van der Waals surface area contributed by atoms with Crippen molar-refractivity contribution in [2.75, 3.05) is 13.1 Å². The summed E-state index contributed by atoms with van der Waals surface area (Å²) in [5.74, 6) is 0.112. The first kappa shape index (κ1) is 17.0. The highest BCUT2D eigenvalue weighted by Gasteiger charge is 1.98. The first-order chi connectivity index (χ1) is 11.2. The number of ether oxygens (including phenoxy) is 1. The first-order valence-corrected chi connectivity index (χ1v) is 7.92. The summed E-state index contributed by atoms with van der Waals surface area (Å²) in [6.07, 6.45) is 2.14. The number of aryl methyl sites for hydroxylation is 1. The van der Waals surface area contributed by atoms with Crippen molar-refractivity contribution in [3.8, 4) is 5.75 Å². The predicted molar refractivity (Wildman–Crippen MR) is 90.7 cm³/mol. The van der Waals surface area contributed by atoms with Crippen molar-refractivity contribution in [1.29, 1.82) is 0 Å². The van der Waals surface area contributed by atoms with Gasteiger partial charge in [-0.25, -0.2) is 0 Å². The van der Waals surface area contributed by atoms with Crippen molar-refractivity contribution in [3.05, 3.63) is 65.7 Å². The summed E-state index contributed by atoms with van der Waals surface area (Å²) in [5, 5.41) is 11.7. The molecule has 4 heteroatoms. The molecule has 2 aromatic rings. The number of aliphatic carboxylic acids is 1. The second-order valence-electron chi connectivity index (χ2n) is 5.42. The molecular weight excluding hydrogens is 290 g/mol. The van der Waals surface area contributed by atoms with E-state index in [0.29, 0.717) is 13.2 Å². The highest BCUT2D eigenvalue weighted by molar-refractivity contribution is 5.66. The summed E-state index contributed by atoms with van der Waals surface area (Å²) >= 11 is 0. The third-order valence-electron chi connectivity index (χ3n) is 3.51. The Morgan fingerprint density at radius 1 is 0.957 bits per heavy atom. The molecule has 0 saturated carbocycles. The van der Waals surface area contributed by atoms with Gasteiger partial charge in [-0.2, -0.15) is 0 Å². The lowest BCUT2D eigenvalue weighted by molar-refractivity contribution is -0.136. The van der Waals surface area contributed by atoms with Gasteiger partial charge in [-0.1, -0.05) is 42.5 Å². The first-order valence-electron chi connectivity index (χ1n) is 7.92. The SMILES string of the molecule is O=C(O)CCNCCCc1ccc(OCc2ccccc2)cc1. The summed E-state index contributed by atoms with van der Waals surface area (Å²) in [6.45, 7) is 1.94. The van der Waals surface area contributed by atoms with Gasteiger partial charge in [0.25, 0.3) is 0 Å². The second-order valence-corrected chi connectivity index (χ2v) is 5.42. The van der Waals surface area contributed by atoms with Crippen LogP contribution in [-0.4, -0.2) is 24.2 Å². The molecule has 2 aromatic carbocycles. The highest BCUT2D eigenvalue weighted by Crippen LogP contribution is 2.15. The topological polar surface area (TPSA) is 58.6 Å². The van der Waals surface area contributed by atoms with Crippen molar-refractivity contribution in [3.63, 3.8) is 0 Å². The monoisotopic (exact) mass is 313 g/mol. The van der Waals surface area contributed by atoms with Crippen LogP contribution in [0.2, 0.25) is 0 Å².